The standard InChI is InChI=1S/C65H39N11/c1-2-12-40(13-3-1)63-70-64(41-22-26-57-49(34-41)51-36-43(24-28-59(51)75(57)61-30-32-66-38-68-61)73-53-18-8-4-14-45(53)46-15-5-9-19-54(46)73)72-65(71-63)42-23-27-58-50(35-42)52-37-44(25-29-60(52)76(58)62-31-33-67-39-69-62)74-55-20-10-6-16-47(55)48-17-7-11-21-56(48)74/h1-39H. The summed E-state index contributed by atoms with van der Waals surface area (Å²) in [4.78, 5) is 33.9. The molecule has 0 bridgehead atoms. The number of hydrogen-bond donors (Lipinski definition) is 0. The summed E-state index contributed by atoms with van der Waals surface area (Å²) in [7, 11) is 0. The highest BCUT2D eigenvalue weighted by Crippen LogP contribution is 2.41. The van der Waals surface area contributed by atoms with Gasteiger partial charge >= 0.3 is 0 Å². The summed E-state index contributed by atoms with van der Waals surface area (Å²) in [5.74, 6) is 3.25. The minimum absolute atomic E-state index is 0.560. The maximum Gasteiger partial charge on any atom is 0.164 e. The zero-order valence-corrected chi connectivity index (χ0v) is 40.4. The third-order valence-corrected chi connectivity index (χ3v) is 14.9. The molecule has 76 heavy (non-hydrogen) atoms. The van der Waals surface area contributed by atoms with Crippen LogP contribution in [0.2, 0.25) is 0 Å². The van der Waals surface area contributed by atoms with Crippen molar-refractivity contribution in [2.24, 2.45) is 0 Å². The largest absolute Gasteiger partial charge is 0.309 e. The second kappa shape index (κ2) is 16.4. The van der Waals surface area contributed by atoms with Crippen molar-refractivity contribution in [2.75, 3.05) is 0 Å². The van der Waals surface area contributed by atoms with Gasteiger partial charge in [0.2, 0.25) is 0 Å². The van der Waals surface area contributed by atoms with Crippen molar-refractivity contribution in [3.8, 4) is 57.2 Å². The van der Waals surface area contributed by atoms with E-state index in [1.54, 1.807) is 25.0 Å². The predicted molar refractivity (Wildman–Crippen MR) is 305 cm³/mol. The fourth-order valence-corrected chi connectivity index (χ4v) is 11.7. The summed E-state index contributed by atoms with van der Waals surface area (Å²) in [6.45, 7) is 0. The van der Waals surface area contributed by atoms with Gasteiger partial charge in [-0.1, -0.05) is 103 Å². The first-order valence-electron chi connectivity index (χ1n) is 25.2. The van der Waals surface area contributed by atoms with Gasteiger partial charge in [-0.05, 0) is 109 Å². The number of para-hydroxylation sites is 4. The predicted octanol–water partition coefficient (Wildman–Crippen LogP) is 14.8. The summed E-state index contributed by atoms with van der Waals surface area (Å²) in [5, 5.41) is 9.06. The van der Waals surface area contributed by atoms with Crippen LogP contribution < -0.4 is 0 Å². The Morgan fingerprint density at radius 1 is 0.250 bits per heavy atom. The van der Waals surface area contributed by atoms with Gasteiger partial charge in [-0.3, -0.25) is 9.13 Å². The van der Waals surface area contributed by atoms with Crippen molar-refractivity contribution in [1.82, 2.24) is 53.2 Å². The molecule has 0 spiro atoms. The molecule has 0 fully saturated rings. The first kappa shape index (κ1) is 41.9. The Hall–Kier alpha value is -10.7. The third-order valence-electron chi connectivity index (χ3n) is 14.9. The van der Waals surface area contributed by atoms with Gasteiger partial charge in [0.25, 0.3) is 0 Å². The lowest BCUT2D eigenvalue weighted by atomic mass is 10.1. The number of benzene rings is 9. The fraction of sp³-hybridized carbons (Fsp3) is 0. The van der Waals surface area contributed by atoms with Gasteiger partial charge in [-0.15, -0.1) is 0 Å². The number of hydrogen-bond acceptors (Lipinski definition) is 7. The normalized spacial score (nSPS) is 11.9. The highest BCUT2D eigenvalue weighted by molar-refractivity contribution is 6.15. The van der Waals surface area contributed by atoms with Crippen LogP contribution in [-0.4, -0.2) is 53.2 Å². The van der Waals surface area contributed by atoms with E-state index in [1.807, 2.05) is 42.5 Å². The van der Waals surface area contributed by atoms with E-state index in [9.17, 15) is 0 Å². The molecule has 11 nitrogen and oxygen atoms in total. The Morgan fingerprint density at radius 2 is 0.592 bits per heavy atom. The quantitative estimate of drug-likeness (QED) is 0.156. The monoisotopic (exact) mass is 973 g/mol. The Labute approximate surface area is 432 Å². The van der Waals surface area contributed by atoms with Crippen LogP contribution in [0.25, 0.3) is 144 Å². The molecule has 16 aromatic rings. The Kier molecular flexibility index (Phi) is 9.06. The first-order chi connectivity index (χ1) is 37.7. The van der Waals surface area contributed by atoms with Crippen molar-refractivity contribution in [2.45, 2.75) is 0 Å². The highest BCUT2D eigenvalue weighted by atomic mass is 15.1. The minimum atomic E-state index is 0.560. The van der Waals surface area contributed by atoms with Crippen LogP contribution >= 0.6 is 0 Å². The maximum atomic E-state index is 5.37. The first-order valence-corrected chi connectivity index (χ1v) is 25.2. The van der Waals surface area contributed by atoms with E-state index >= 15 is 0 Å². The maximum absolute atomic E-state index is 5.37. The summed E-state index contributed by atoms with van der Waals surface area (Å²) < 4.78 is 9.14. The second-order valence-electron chi connectivity index (χ2n) is 19.1. The molecule has 7 heterocycles. The topological polar surface area (TPSA) is 110 Å². The van der Waals surface area contributed by atoms with Gasteiger partial charge in [0.15, 0.2) is 17.5 Å². The van der Waals surface area contributed by atoms with Crippen molar-refractivity contribution in [3.05, 3.63) is 237 Å². The molecule has 0 radical (unpaired) electrons. The van der Waals surface area contributed by atoms with Crippen molar-refractivity contribution < 1.29 is 0 Å². The second-order valence-corrected chi connectivity index (χ2v) is 19.1. The molecule has 0 N–H and O–H groups in total. The van der Waals surface area contributed by atoms with Crippen LogP contribution in [0.15, 0.2) is 237 Å². The van der Waals surface area contributed by atoms with E-state index in [-0.39, 0.29) is 0 Å². The summed E-state index contributed by atoms with van der Waals surface area (Å²) in [6.07, 6.45) is 6.77. The molecule has 0 saturated carbocycles. The molecule has 0 amide bonds. The molecule has 11 heteroatoms. The van der Waals surface area contributed by atoms with Gasteiger partial charge in [0.1, 0.15) is 24.3 Å². The molecule has 0 aliphatic carbocycles. The molecule has 0 unspecified atom stereocenters. The lowest BCUT2D eigenvalue weighted by Crippen LogP contribution is -2.01. The average Bonchev–Trinajstić information content (AvgIpc) is 4.37. The van der Waals surface area contributed by atoms with Crippen molar-refractivity contribution >= 4 is 87.2 Å². The highest BCUT2D eigenvalue weighted by Gasteiger charge is 2.22. The zero-order chi connectivity index (χ0) is 49.8. The van der Waals surface area contributed by atoms with Crippen LogP contribution in [-0.2, 0) is 0 Å². The molecule has 0 saturated heterocycles. The number of rotatable bonds is 7. The van der Waals surface area contributed by atoms with E-state index in [4.69, 9.17) is 24.9 Å². The molecule has 7 aromatic heterocycles. The van der Waals surface area contributed by atoms with Crippen LogP contribution in [0.5, 0.6) is 0 Å². The smallest absolute Gasteiger partial charge is 0.164 e. The van der Waals surface area contributed by atoms with E-state index in [0.717, 1.165) is 105 Å². The lowest BCUT2D eigenvalue weighted by molar-refractivity contribution is 1.04. The number of aromatic nitrogens is 11. The average molecular weight is 974 g/mol. The molecule has 9 aromatic carbocycles. The zero-order valence-electron chi connectivity index (χ0n) is 40.4. The summed E-state index contributed by atoms with van der Waals surface area (Å²) >= 11 is 0. The Bertz CT molecular complexity index is 4600. The van der Waals surface area contributed by atoms with E-state index < -0.39 is 0 Å². The van der Waals surface area contributed by atoms with Gasteiger partial charge in [0, 0.05) is 83.5 Å². The molecular formula is C65H39N11. The van der Waals surface area contributed by atoms with Gasteiger partial charge < -0.3 is 9.13 Å². The van der Waals surface area contributed by atoms with Crippen molar-refractivity contribution in [3.63, 3.8) is 0 Å². The number of fused-ring (bicyclic) bond motifs is 12. The Balaban J connectivity index is 0.909. The number of nitrogens with zero attached hydrogens (tertiary/aromatic N) is 11. The van der Waals surface area contributed by atoms with Crippen molar-refractivity contribution in [1.29, 1.82) is 0 Å². The van der Waals surface area contributed by atoms with E-state index in [0.29, 0.717) is 17.5 Å². The van der Waals surface area contributed by atoms with Gasteiger partial charge in [-0.2, -0.15) is 0 Å². The SMILES string of the molecule is c1ccc(-c2nc(-c3ccc4c(c3)c3cc(-n5c6ccccc6c6ccccc65)ccc3n4-c3ccncn3)nc(-c3ccc4c(c3)c3cc(-n5c6ccccc6c6ccccc65)ccc3n4-c3ccncn3)n2)cc1. The Morgan fingerprint density at radius 3 is 0.987 bits per heavy atom. The summed E-state index contributed by atoms with van der Waals surface area (Å²) in [6, 6.07) is 74.9. The molecule has 354 valence electrons. The third kappa shape index (κ3) is 6.32. The van der Waals surface area contributed by atoms with E-state index in [1.165, 1.54) is 21.5 Å². The van der Waals surface area contributed by atoms with Crippen LogP contribution in [0.3, 0.4) is 0 Å². The minimum Gasteiger partial charge on any atom is -0.309 e. The van der Waals surface area contributed by atoms with Crippen LogP contribution in [0, 0.1) is 0 Å². The van der Waals surface area contributed by atoms with Crippen LogP contribution in [0.1, 0.15) is 0 Å². The molecule has 0 atom stereocenters. The molecule has 16 rings (SSSR count). The van der Waals surface area contributed by atoms with E-state index in [2.05, 4.69) is 198 Å². The molecular weight excluding hydrogens is 935 g/mol. The van der Waals surface area contributed by atoms with Crippen LogP contribution in [0.4, 0.5) is 0 Å². The van der Waals surface area contributed by atoms with Gasteiger partial charge in [-0.25, -0.2) is 34.9 Å². The molecule has 0 aliphatic heterocycles. The lowest BCUT2D eigenvalue weighted by Gasteiger charge is -2.10. The fourth-order valence-electron chi connectivity index (χ4n) is 11.7. The summed E-state index contributed by atoms with van der Waals surface area (Å²) in [5.41, 5.74) is 13.4. The molecule has 0 aliphatic rings. The van der Waals surface area contributed by atoms with Gasteiger partial charge in [0.05, 0.1) is 44.1 Å².